The van der Waals surface area contributed by atoms with E-state index in [2.05, 4.69) is 10.3 Å². The van der Waals surface area contributed by atoms with Gasteiger partial charge in [0.15, 0.2) is 0 Å². The van der Waals surface area contributed by atoms with Crippen molar-refractivity contribution in [3.05, 3.63) is 83.7 Å². The van der Waals surface area contributed by atoms with E-state index in [1.165, 1.54) is 19.3 Å². The number of hydroxylamine groups is 1. The van der Waals surface area contributed by atoms with Crippen LogP contribution in [0.4, 0.5) is 5.69 Å². The molecule has 0 fully saturated rings. The highest BCUT2D eigenvalue weighted by Crippen LogP contribution is 2.23. The molecule has 28 heavy (non-hydrogen) atoms. The summed E-state index contributed by atoms with van der Waals surface area (Å²) >= 11 is 0. The van der Waals surface area contributed by atoms with E-state index in [0.717, 1.165) is 5.56 Å². The van der Waals surface area contributed by atoms with E-state index in [4.69, 9.17) is 4.74 Å². The first kappa shape index (κ1) is 19.1. The number of pyridine rings is 1. The lowest BCUT2D eigenvalue weighted by Gasteiger charge is -2.15. The van der Waals surface area contributed by atoms with E-state index in [1.54, 1.807) is 48.5 Å². The van der Waals surface area contributed by atoms with Crippen molar-refractivity contribution in [3.8, 4) is 11.5 Å². The maximum atomic E-state index is 12.5. The Morgan fingerprint density at radius 1 is 1.04 bits per heavy atom. The van der Waals surface area contributed by atoms with E-state index in [9.17, 15) is 14.8 Å². The fourth-order valence-corrected chi connectivity index (χ4v) is 2.53. The summed E-state index contributed by atoms with van der Waals surface area (Å²) in [5.74, 6) is 0.0513. The van der Waals surface area contributed by atoms with Crippen LogP contribution in [0.2, 0.25) is 0 Å². The molecule has 0 saturated carbocycles. The fourth-order valence-electron chi connectivity index (χ4n) is 2.53. The number of aromatic nitrogens is 1. The second kappa shape index (κ2) is 8.32. The van der Waals surface area contributed by atoms with E-state index >= 15 is 0 Å². The van der Waals surface area contributed by atoms with Crippen molar-refractivity contribution in [2.45, 2.75) is 6.92 Å². The van der Waals surface area contributed by atoms with Crippen molar-refractivity contribution in [2.75, 3.05) is 12.1 Å². The van der Waals surface area contributed by atoms with Gasteiger partial charge < -0.3 is 10.1 Å². The van der Waals surface area contributed by atoms with E-state index in [0.29, 0.717) is 27.8 Å². The Hall–Kier alpha value is -3.71. The Morgan fingerprint density at radius 2 is 1.79 bits per heavy atom. The Morgan fingerprint density at radius 3 is 2.46 bits per heavy atom. The van der Waals surface area contributed by atoms with Crippen molar-refractivity contribution >= 4 is 17.5 Å². The first-order valence-electron chi connectivity index (χ1n) is 8.54. The van der Waals surface area contributed by atoms with Gasteiger partial charge in [-0.25, -0.2) is 0 Å². The molecule has 0 aliphatic heterocycles. The number of benzene rings is 2. The highest BCUT2D eigenvalue weighted by molar-refractivity contribution is 6.04. The van der Waals surface area contributed by atoms with E-state index in [-0.39, 0.29) is 11.6 Å². The Balaban J connectivity index is 1.73. The molecule has 0 atom stereocenters. The number of carbonyl (C=O) groups is 2. The van der Waals surface area contributed by atoms with Crippen LogP contribution in [0.5, 0.6) is 11.5 Å². The van der Waals surface area contributed by atoms with Crippen LogP contribution < -0.4 is 15.1 Å². The summed E-state index contributed by atoms with van der Waals surface area (Å²) < 4.78 is 5.70. The van der Waals surface area contributed by atoms with E-state index in [1.807, 2.05) is 13.0 Å². The van der Waals surface area contributed by atoms with Gasteiger partial charge >= 0.3 is 0 Å². The zero-order valence-electron chi connectivity index (χ0n) is 15.4. The number of hydrogen-bond acceptors (Lipinski definition) is 5. The lowest BCUT2D eigenvalue weighted by Crippen LogP contribution is -2.26. The van der Waals surface area contributed by atoms with Crippen LogP contribution in [0.25, 0.3) is 0 Å². The van der Waals surface area contributed by atoms with E-state index < -0.39 is 5.91 Å². The van der Waals surface area contributed by atoms with Gasteiger partial charge in [-0.1, -0.05) is 12.1 Å². The average Bonchev–Trinajstić information content (AvgIpc) is 2.73. The number of ether oxygens (including phenoxy) is 1. The standard InChI is InChI=1S/C21H19N3O4/c1-14-4-3-5-16(12-14)24(27)21(26)15-6-8-17(9-7-15)28-18-10-11-23-19(13-18)20(25)22-2/h3-13,27H,1-2H3,(H,22,25). The quantitative estimate of drug-likeness (QED) is 0.524. The minimum absolute atomic E-state index is 0.237. The molecule has 0 unspecified atom stereocenters. The molecular weight excluding hydrogens is 358 g/mol. The normalized spacial score (nSPS) is 10.2. The number of aryl methyl sites for hydroxylation is 1. The number of hydrogen-bond donors (Lipinski definition) is 2. The topological polar surface area (TPSA) is 91.8 Å². The Labute approximate surface area is 162 Å². The van der Waals surface area contributed by atoms with Gasteiger partial charge in [-0.2, -0.15) is 5.06 Å². The van der Waals surface area contributed by atoms with Crippen LogP contribution in [-0.2, 0) is 0 Å². The minimum Gasteiger partial charge on any atom is -0.457 e. The predicted octanol–water partition coefficient (Wildman–Crippen LogP) is 3.58. The maximum Gasteiger partial charge on any atom is 0.281 e. The molecule has 0 radical (unpaired) electrons. The molecule has 2 aromatic carbocycles. The van der Waals surface area contributed by atoms with Crippen molar-refractivity contribution < 1.29 is 19.5 Å². The third-order valence-corrected chi connectivity index (χ3v) is 3.97. The molecule has 142 valence electrons. The number of nitrogens with zero attached hydrogens (tertiary/aromatic N) is 2. The molecule has 0 aliphatic rings. The van der Waals surface area contributed by atoms with Crippen LogP contribution in [0.1, 0.15) is 26.4 Å². The van der Waals surface area contributed by atoms with Gasteiger partial charge in [0.25, 0.3) is 11.8 Å². The zero-order valence-corrected chi connectivity index (χ0v) is 15.4. The largest absolute Gasteiger partial charge is 0.457 e. The molecule has 7 nitrogen and oxygen atoms in total. The van der Waals surface area contributed by atoms with Crippen molar-refractivity contribution in [2.24, 2.45) is 0 Å². The van der Waals surface area contributed by atoms with Gasteiger partial charge in [-0.05, 0) is 55.0 Å². The van der Waals surface area contributed by atoms with Crippen LogP contribution in [0, 0.1) is 6.92 Å². The second-order valence-corrected chi connectivity index (χ2v) is 6.04. The van der Waals surface area contributed by atoms with Crippen LogP contribution >= 0.6 is 0 Å². The maximum absolute atomic E-state index is 12.5. The summed E-state index contributed by atoms with van der Waals surface area (Å²) in [6.07, 6.45) is 1.48. The van der Waals surface area contributed by atoms with Crippen molar-refractivity contribution in [3.63, 3.8) is 0 Å². The Kier molecular flexibility index (Phi) is 5.67. The molecule has 0 bridgehead atoms. The number of rotatable bonds is 5. The number of carbonyl (C=O) groups excluding carboxylic acids is 2. The van der Waals surface area contributed by atoms with Gasteiger partial charge in [0.2, 0.25) is 0 Å². The molecule has 3 rings (SSSR count). The van der Waals surface area contributed by atoms with Crippen LogP contribution in [0.3, 0.4) is 0 Å². The number of anilines is 1. The SMILES string of the molecule is CNC(=O)c1cc(Oc2ccc(C(=O)N(O)c3cccc(C)c3)cc2)ccn1. The molecule has 1 heterocycles. The smallest absolute Gasteiger partial charge is 0.281 e. The van der Waals surface area contributed by atoms with Crippen molar-refractivity contribution in [1.82, 2.24) is 10.3 Å². The summed E-state index contributed by atoms with van der Waals surface area (Å²) in [4.78, 5) is 28.1. The van der Waals surface area contributed by atoms with Gasteiger partial charge in [0.05, 0.1) is 5.69 Å². The summed E-state index contributed by atoms with van der Waals surface area (Å²) in [7, 11) is 1.52. The van der Waals surface area contributed by atoms with Crippen LogP contribution in [0.15, 0.2) is 66.9 Å². The first-order chi connectivity index (χ1) is 13.5. The highest BCUT2D eigenvalue weighted by atomic mass is 16.5. The molecule has 2 N–H and O–H groups in total. The third kappa shape index (κ3) is 4.33. The minimum atomic E-state index is -0.553. The summed E-state index contributed by atoms with van der Waals surface area (Å²) in [5, 5.41) is 13.3. The molecule has 2 amide bonds. The van der Waals surface area contributed by atoms with Gasteiger partial charge in [-0.15, -0.1) is 0 Å². The number of amides is 2. The predicted molar refractivity (Wildman–Crippen MR) is 104 cm³/mol. The fraction of sp³-hybridized carbons (Fsp3) is 0.0952. The molecule has 7 heteroatoms. The van der Waals surface area contributed by atoms with Gasteiger partial charge in [0.1, 0.15) is 17.2 Å². The lowest BCUT2D eigenvalue weighted by atomic mass is 10.1. The summed E-state index contributed by atoms with van der Waals surface area (Å²) in [6, 6.07) is 16.5. The Bertz CT molecular complexity index is 1000. The van der Waals surface area contributed by atoms with Crippen molar-refractivity contribution in [1.29, 1.82) is 0 Å². The number of nitrogens with one attached hydrogen (secondary N) is 1. The molecular formula is C21H19N3O4. The van der Waals surface area contributed by atoms with Gasteiger partial charge in [-0.3, -0.25) is 19.8 Å². The molecule has 0 saturated heterocycles. The third-order valence-electron chi connectivity index (χ3n) is 3.97. The van der Waals surface area contributed by atoms with Crippen LogP contribution in [-0.4, -0.2) is 29.1 Å². The first-order valence-corrected chi connectivity index (χ1v) is 8.54. The molecule has 0 spiro atoms. The second-order valence-electron chi connectivity index (χ2n) is 6.04. The average molecular weight is 377 g/mol. The summed E-state index contributed by atoms with van der Waals surface area (Å²) in [6.45, 7) is 1.88. The summed E-state index contributed by atoms with van der Waals surface area (Å²) in [5.41, 5.74) is 1.86. The molecule has 1 aromatic heterocycles. The molecule has 3 aromatic rings. The monoisotopic (exact) mass is 377 g/mol. The van der Waals surface area contributed by atoms with Gasteiger partial charge in [0, 0.05) is 24.9 Å². The lowest BCUT2D eigenvalue weighted by molar-refractivity contribution is 0.0854. The zero-order chi connectivity index (χ0) is 20.1. The highest BCUT2D eigenvalue weighted by Gasteiger charge is 2.16. The molecule has 0 aliphatic carbocycles.